The molecule has 0 bridgehead atoms. The quantitative estimate of drug-likeness (QED) is 0.225. The maximum atomic E-state index is 6.72. The molecule has 1 rings (SSSR count). The minimum Gasteiger partial charge on any atom is -0.283 e. The predicted octanol–water partition coefficient (Wildman–Crippen LogP) is -2.47. The Balaban J connectivity index is 2.41. The smallest absolute Gasteiger partial charge is 0.234 e. The van der Waals surface area contributed by atoms with Crippen LogP contribution in [0, 0.1) is 0 Å². The van der Waals surface area contributed by atoms with Crippen LogP contribution in [0.5, 0.6) is 0 Å². The lowest BCUT2D eigenvalue weighted by atomic mass is 10.9. The molecule has 1 fully saturated rings. The lowest BCUT2D eigenvalue weighted by Crippen LogP contribution is -2.34. The molecule has 1 heterocycles. The largest absolute Gasteiger partial charge is 0.283 e. The van der Waals surface area contributed by atoms with E-state index in [4.69, 9.17) is 17.3 Å². The van der Waals surface area contributed by atoms with Crippen molar-refractivity contribution in [3.63, 3.8) is 0 Å². The highest BCUT2D eigenvalue weighted by Gasteiger charge is 2.43. The molecule has 6 heavy (non-hydrogen) atoms. The highest BCUT2D eigenvalue weighted by atomic mass is 16.0. The van der Waals surface area contributed by atoms with Gasteiger partial charge in [-0.1, -0.05) is 0 Å². The Morgan fingerprint density at radius 1 is 1.83 bits per heavy atom. The Bertz CT molecular complexity index is 66.3. The van der Waals surface area contributed by atoms with Gasteiger partial charge < -0.3 is 0 Å². The number of nitrogens with two attached hydrogens (primary N) is 2. The van der Waals surface area contributed by atoms with Crippen LogP contribution in [0.4, 0.5) is 0 Å². The van der Waals surface area contributed by atoms with Gasteiger partial charge in [-0.2, -0.15) is 5.43 Å². The van der Waals surface area contributed by atoms with Crippen LogP contribution in [0.3, 0.4) is 0 Å². The molecule has 2 unspecified atom stereocenters. The normalized spacial score (nSPS) is 39.5. The van der Waals surface area contributed by atoms with E-state index in [0.717, 1.165) is 5.12 Å². The summed E-state index contributed by atoms with van der Waals surface area (Å²) in [5.41, 5.74) is 14.0. The molecule has 0 saturated carbocycles. The van der Waals surface area contributed by atoms with E-state index in [2.05, 4.69) is 5.43 Å². The topological polar surface area (TPSA) is 101 Å². The van der Waals surface area contributed by atoms with Gasteiger partial charge in [0, 0.05) is 0 Å². The molecule has 5 nitrogen and oxygen atoms in total. The average Bonchev–Trinajstić information content (AvgIpc) is 1.73. The Kier molecular flexibility index (Phi) is 0.478. The summed E-state index contributed by atoms with van der Waals surface area (Å²) < 4.78 is 0. The fraction of sp³-hybridized carbons (Fsp3) is 1.00. The fourth-order valence-corrected chi connectivity index (χ4v) is 0.159. The van der Waals surface area contributed by atoms with Crippen LogP contribution in [0.25, 0.3) is 0 Å². The highest BCUT2D eigenvalue weighted by Crippen LogP contribution is 2.02. The first-order valence-electron chi connectivity index (χ1n) is 1.49. The second kappa shape index (κ2) is 0.722. The number of nitrogens with one attached hydrogen (secondary N) is 2. The standard InChI is InChI=1S/CH6N5/c2-1(3)5-6(1)4/h2,5H,3-4H2. The zero-order valence-electron chi connectivity index (χ0n) is 3.10. The van der Waals surface area contributed by atoms with Gasteiger partial charge in [0.1, 0.15) is 0 Å². The number of hydrazine groups is 2. The van der Waals surface area contributed by atoms with Gasteiger partial charge in [-0.3, -0.25) is 11.6 Å². The first kappa shape index (κ1) is 3.97. The number of hydrogen-bond donors (Lipinski definition) is 3. The lowest BCUT2D eigenvalue weighted by Gasteiger charge is -1.88. The monoisotopic (exact) mass is 88.1 g/mol. The molecule has 6 N–H and O–H groups in total. The van der Waals surface area contributed by atoms with E-state index >= 15 is 0 Å². The summed E-state index contributed by atoms with van der Waals surface area (Å²) in [6, 6.07) is 0. The Hall–Kier alpha value is -0.200. The van der Waals surface area contributed by atoms with Gasteiger partial charge in [0.15, 0.2) is 0 Å². The van der Waals surface area contributed by atoms with Crippen LogP contribution < -0.4 is 22.7 Å². The number of hydrogen-bond acceptors (Lipinski definition) is 4. The molecular formula is CH6N5. The first-order chi connectivity index (χ1) is 2.63. The molecule has 1 aliphatic heterocycles. The molecule has 0 aromatic heterocycles. The molecule has 2 atom stereocenters. The van der Waals surface area contributed by atoms with Gasteiger partial charge in [0.2, 0.25) is 5.91 Å². The molecule has 1 saturated heterocycles. The van der Waals surface area contributed by atoms with Crippen molar-refractivity contribution in [3.05, 3.63) is 0 Å². The third-order valence-electron chi connectivity index (χ3n) is 0.621. The molecule has 0 aromatic rings. The highest BCUT2D eigenvalue weighted by molar-refractivity contribution is 4.78. The zero-order valence-corrected chi connectivity index (χ0v) is 3.10. The lowest BCUT2D eigenvalue weighted by molar-refractivity contribution is 0.423. The third-order valence-corrected chi connectivity index (χ3v) is 0.621. The molecule has 0 aromatic carbocycles. The number of rotatable bonds is 0. The van der Waals surface area contributed by atoms with Gasteiger partial charge in [-0.05, 0) is 0 Å². The second-order valence-corrected chi connectivity index (χ2v) is 1.25. The van der Waals surface area contributed by atoms with Crippen molar-refractivity contribution in [1.82, 2.24) is 16.3 Å². The van der Waals surface area contributed by atoms with Gasteiger partial charge in [0.05, 0.1) is 0 Å². The predicted molar refractivity (Wildman–Crippen MR) is 19.2 cm³/mol. The summed E-state index contributed by atoms with van der Waals surface area (Å²) in [7, 11) is 0. The van der Waals surface area contributed by atoms with Crippen LogP contribution >= 0.6 is 0 Å². The SMILES string of the molecule is [NH]C1(N)NN1N. The molecule has 1 aliphatic rings. The van der Waals surface area contributed by atoms with Crippen molar-refractivity contribution in [1.29, 1.82) is 0 Å². The van der Waals surface area contributed by atoms with Gasteiger partial charge in [0.25, 0.3) is 0 Å². The van der Waals surface area contributed by atoms with Crippen molar-refractivity contribution in [2.75, 3.05) is 0 Å². The van der Waals surface area contributed by atoms with E-state index in [9.17, 15) is 0 Å². The summed E-state index contributed by atoms with van der Waals surface area (Å²) >= 11 is 0. The summed E-state index contributed by atoms with van der Waals surface area (Å²) in [5, 5.41) is 1.01. The van der Waals surface area contributed by atoms with Crippen LogP contribution in [-0.4, -0.2) is 11.0 Å². The molecule has 5 heteroatoms. The van der Waals surface area contributed by atoms with E-state index in [0.29, 0.717) is 0 Å². The summed E-state index contributed by atoms with van der Waals surface area (Å²) in [5.74, 6) is 3.73. The maximum Gasteiger partial charge on any atom is 0.234 e. The van der Waals surface area contributed by atoms with Crippen LogP contribution in [0.15, 0.2) is 0 Å². The molecule has 0 aliphatic carbocycles. The third kappa shape index (κ3) is 0.385. The molecule has 0 spiro atoms. The Labute approximate surface area is 35.0 Å². The fourth-order valence-electron chi connectivity index (χ4n) is 0.159. The van der Waals surface area contributed by atoms with Crippen molar-refractivity contribution in [2.45, 2.75) is 5.91 Å². The minimum absolute atomic E-state index is 1.01. The van der Waals surface area contributed by atoms with Crippen molar-refractivity contribution in [3.8, 4) is 0 Å². The molecular weight excluding hydrogens is 82.0 g/mol. The van der Waals surface area contributed by atoms with E-state index in [1.165, 1.54) is 0 Å². The molecule has 1 radical (unpaired) electrons. The summed E-state index contributed by atoms with van der Waals surface area (Å²) in [6.45, 7) is 0. The summed E-state index contributed by atoms with van der Waals surface area (Å²) in [6.07, 6.45) is 0. The summed E-state index contributed by atoms with van der Waals surface area (Å²) in [4.78, 5) is 0. The van der Waals surface area contributed by atoms with E-state index in [1.54, 1.807) is 0 Å². The van der Waals surface area contributed by atoms with Gasteiger partial charge >= 0.3 is 0 Å². The minimum atomic E-state index is -1.18. The van der Waals surface area contributed by atoms with Crippen molar-refractivity contribution in [2.24, 2.45) is 11.6 Å². The average molecular weight is 88.1 g/mol. The van der Waals surface area contributed by atoms with Gasteiger partial charge in [-0.25, -0.2) is 5.73 Å². The number of nitrogens with zero attached hydrogens (tertiary/aromatic N) is 1. The van der Waals surface area contributed by atoms with E-state index in [1.807, 2.05) is 0 Å². The Morgan fingerprint density at radius 3 is 2.00 bits per heavy atom. The Morgan fingerprint density at radius 2 is 2.00 bits per heavy atom. The zero-order chi connectivity index (χ0) is 4.78. The molecule has 35 valence electrons. The van der Waals surface area contributed by atoms with Crippen LogP contribution in [-0.2, 0) is 0 Å². The van der Waals surface area contributed by atoms with Crippen LogP contribution in [0.1, 0.15) is 0 Å². The van der Waals surface area contributed by atoms with Gasteiger partial charge in [-0.15, -0.1) is 5.12 Å². The van der Waals surface area contributed by atoms with Crippen molar-refractivity contribution < 1.29 is 0 Å². The van der Waals surface area contributed by atoms with E-state index < -0.39 is 5.91 Å². The molecule has 0 amide bonds. The van der Waals surface area contributed by atoms with E-state index in [-0.39, 0.29) is 0 Å². The van der Waals surface area contributed by atoms with Crippen molar-refractivity contribution >= 4 is 0 Å². The van der Waals surface area contributed by atoms with Crippen LogP contribution in [0.2, 0.25) is 0 Å². The second-order valence-electron chi connectivity index (χ2n) is 1.25. The maximum absolute atomic E-state index is 6.72. The first-order valence-corrected chi connectivity index (χ1v) is 1.49.